The van der Waals surface area contributed by atoms with Gasteiger partial charge >= 0.3 is 0 Å². The number of benzene rings is 2. The van der Waals surface area contributed by atoms with Crippen LogP contribution in [-0.2, 0) is 4.79 Å². The van der Waals surface area contributed by atoms with E-state index in [4.69, 9.17) is 11.6 Å². The second-order valence-corrected chi connectivity index (χ2v) is 7.02. The van der Waals surface area contributed by atoms with E-state index in [1.807, 2.05) is 48.5 Å². The molecule has 4 heteroatoms. The van der Waals surface area contributed by atoms with Crippen LogP contribution in [0.3, 0.4) is 0 Å². The Morgan fingerprint density at radius 3 is 2.36 bits per heavy atom. The van der Waals surface area contributed by atoms with Crippen molar-refractivity contribution >= 4 is 28.9 Å². The molecular weight excluding hydrogens is 334 g/mol. The molecule has 5 rings (SSSR count). The van der Waals surface area contributed by atoms with E-state index in [1.54, 1.807) is 0 Å². The molecule has 2 aromatic carbocycles. The summed E-state index contributed by atoms with van der Waals surface area (Å²) in [6.45, 7) is 0. The topological polar surface area (TPSA) is 46.2 Å². The Labute approximate surface area is 150 Å². The molecule has 3 aliphatic rings. The van der Waals surface area contributed by atoms with Crippen molar-refractivity contribution in [3.05, 3.63) is 87.1 Å². The molecular formula is C21H14ClNO2. The molecule has 0 saturated carbocycles. The van der Waals surface area contributed by atoms with Crippen LogP contribution in [0.4, 0.5) is 0 Å². The quantitative estimate of drug-likeness (QED) is 0.838. The lowest BCUT2D eigenvalue weighted by Crippen LogP contribution is -2.25. The lowest BCUT2D eigenvalue weighted by atomic mass is 9.80. The van der Waals surface area contributed by atoms with Gasteiger partial charge in [-0.2, -0.15) is 0 Å². The summed E-state index contributed by atoms with van der Waals surface area (Å²) in [6.07, 6.45) is 1.20. The van der Waals surface area contributed by atoms with Crippen LogP contribution >= 0.6 is 11.6 Å². The number of ketones is 2. The zero-order valence-corrected chi connectivity index (χ0v) is 14.1. The van der Waals surface area contributed by atoms with E-state index in [1.165, 1.54) is 0 Å². The van der Waals surface area contributed by atoms with Crippen molar-refractivity contribution in [2.75, 3.05) is 0 Å². The number of allylic oxidation sites excluding steroid dienone is 3. The SMILES string of the molecule is O=C1CCC2=C1C(c1ccc(Cl)cc1)C1=C(N2)c2ccccc2C1=O. The van der Waals surface area contributed by atoms with E-state index in [9.17, 15) is 9.59 Å². The number of halogens is 1. The van der Waals surface area contributed by atoms with Crippen LogP contribution in [0.2, 0.25) is 5.02 Å². The molecule has 0 bridgehead atoms. The van der Waals surface area contributed by atoms with E-state index in [2.05, 4.69) is 5.32 Å². The first kappa shape index (κ1) is 14.7. The minimum absolute atomic E-state index is 0.00398. The van der Waals surface area contributed by atoms with Crippen molar-refractivity contribution in [1.82, 2.24) is 5.32 Å². The van der Waals surface area contributed by atoms with Crippen molar-refractivity contribution in [2.45, 2.75) is 18.8 Å². The number of fused-ring (bicyclic) bond motifs is 2. The van der Waals surface area contributed by atoms with Crippen molar-refractivity contribution in [1.29, 1.82) is 0 Å². The first-order valence-corrected chi connectivity index (χ1v) is 8.70. The second kappa shape index (κ2) is 5.17. The third-order valence-electron chi connectivity index (χ3n) is 5.24. The zero-order valence-electron chi connectivity index (χ0n) is 13.3. The summed E-state index contributed by atoms with van der Waals surface area (Å²) >= 11 is 6.03. The van der Waals surface area contributed by atoms with Crippen LogP contribution in [0, 0.1) is 0 Å². The van der Waals surface area contributed by atoms with Gasteiger partial charge in [0.1, 0.15) is 0 Å². The second-order valence-electron chi connectivity index (χ2n) is 6.59. The highest BCUT2D eigenvalue weighted by atomic mass is 35.5. The van der Waals surface area contributed by atoms with Gasteiger partial charge in [-0.1, -0.05) is 48.0 Å². The van der Waals surface area contributed by atoms with Gasteiger partial charge in [0.25, 0.3) is 0 Å². The normalized spacial score (nSPS) is 21.2. The first-order chi connectivity index (χ1) is 12.1. The average Bonchev–Trinajstić information content (AvgIpc) is 3.14. The molecule has 122 valence electrons. The van der Waals surface area contributed by atoms with Crippen molar-refractivity contribution in [3.63, 3.8) is 0 Å². The average molecular weight is 348 g/mol. The Morgan fingerprint density at radius 2 is 1.60 bits per heavy atom. The van der Waals surface area contributed by atoms with E-state index < -0.39 is 0 Å². The third-order valence-corrected chi connectivity index (χ3v) is 5.49. The number of nitrogens with one attached hydrogen (secondary N) is 1. The smallest absolute Gasteiger partial charge is 0.192 e. The highest BCUT2D eigenvalue weighted by Crippen LogP contribution is 2.49. The highest BCUT2D eigenvalue weighted by Gasteiger charge is 2.44. The number of carbonyl (C=O) groups is 2. The fourth-order valence-electron chi connectivity index (χ4n) is 4.14. The van der Waals surface area contributed by atoms with Gasteiger partial charge in [-0.3, -0.25) is 9.59 Å². The van der Waals surface area contributed by atoms with Crippen molar-refractivity contribution in [2.24, 2.45) is 0 Å². The molecule has 1 N–H and O–H groups in total. The van der Waals surface area contributed by atoms with Crippen LogP contribution in [0.15, 0.2) is 65.4 Å². The fourth-order valence-corrected chi connectivity index (χ4v) is 4.26. The summed E-state index contributed by atoms with van der Waals surface area (Å²) in [5.41, 5.74) is 5.78. The number of carbonyl (C=O) groups excluding carboxylic acids is 2. The predicted molar refractivity (Wildman–Crippen MR) is 96.3 cm³/mol. The van der Waals surface area contributed by atoms with Crippen LogP contribution < -0.4 is 5.32 Å². The molecule has 1 atom stereocenters. The Morgan fingerprint density at radius 1 is 0.880 bits per heavy atom. The maximum absolute atomic E-state index is 13.1. The molecule has 0 spiro atoms. The van der Waals surface area contributed by atoms with Gasteiger partial charge < -0.3 is 5.32 Å². The van der Waals surface area contributed by atoms with Gasteiger partial charge in [0, 0.05) is 45.3 Å². The molecule has 1 unspecified atom stereocenters. The molecule has 1 heterocycles. The molecule has 2 aliphatic carbocycles. The van der Waals surface area contributed by atoms with Gasteiger partial charge in [-0.05, 0) is 24.1 Å². The van der Waals surface area contributed by atoms with Crippen molar-refractivity contribution in [3.8, 4) is 0 Å². The van der Waals surface area contributed by atoms with E-state index in [-0.39, 0.29) is 17.5 Å². The summed E-state index contributed by atoms with van der Waals surface area (Å²) in [4.78, 5) is 25.7. The lowest BCUT2D eigenvalue weighted by molar-refractivity contribution is -0.115. The first-order valence-electron chi connectivity index (χ1n) is 8.32. The molecule has 1 aliphatic heterocycles. The molecule has 0 fully saturated rings. The number of dihydropyridines is 1. The maximum atomic E-state index is 13.1. The standard InChI is InChI=1S/C21H14ClNO2/c22-12-7-5-11(6-8-12)17-18-15(9-10-16(18)24)23-20-13-3-1-2-4-14(13)21(25)19(17)20/h1-8,17,23H,9-10H2. The highest BCUT2D eigenvalue weighted by molar-refractivity contribution is 6.30. The Kier molecular flexibility index (Phi) is 3.03. The monoisotopic (exact) mass is 347 g/mol. The van der Waals surface area contributed by atoms with Gasteiger partial charge in [0.05, 0.1) is 5.70 Å². The summed E-state index contributed by atoms with van der Waals surface area (Å²) in [5.74, 6) is -0.194. The van der Waals surface area contributed by atoms with E-state index in [0.717, 1.165) is 28.1 Å². The Hall–Kier alpha value is -2.65. The molecule has 0 aromatic heterocycles. The van der Waals surface area contributed by atoms with E-state index in [0.29, 0.717) is 29.0 Å². The fraction of sp³-hybridized carbons (Fsp3) is 0.143. The van der Waals surface area contributed by atoms with Crippen LogP contribution in [0.5, 0.6) is 0 Å². The Bertz CT molecular complexity index is 1010. The van der Waals surface area contributed by atoms with Crippen LogP contribution in [0.1, 0.15) is 40.2 Å². The minimum Gasteiger partial charge on any atom is -0.358 e. The van der Waals surface area contributed by atoms with Gasteiger partial charge in [0.15, 0.2) is 11.6 Å². The third kappa shape index (κ3) is 1.99. The summed E-state index contributed by atoms with van der Waals surface area (Å²) < 4.78 is 0. The van der Waals surface area contributed by atoms with E-state index >= 15 is 0 Å². The van der Waals surface area contributed by atoms with Crippen LogP contribution in [-0.4, -0.2) is 11.6 Å². The Balaban J connectivity index is 1.75. The molecule has 3 nitrogen and oxygen atoms in total. The van der Waals surface area contributed by atoms with Gasteiger partial charge in [-0.15, -0.1) is 0 Å². The number of rotatable bonds is 1. The summed E-state index contributed by atoms with van der Waals surface area (Å²) in [6, 6.07) is 15.1. The number of hydrogen-bond donors (Lipinski definition) is 1. The predicted octanol–water partition coefficient (Wildman–Crippen LogP) is 4.25. The maximum Gasteiger partial charge on any atom is 0.192 e. The summed E-state index contributed by atoms with van der Waals surface area (Å²) in [7, 11) is 0. The largest absolute Gasteiger partial charge is 0.358 e. The molecule has 0 radical (unpaired) electrons. The number of Topliss-reactive ketones (excluding diaryl/α,β-unsaturated/α-hetero) is 2. The molecule has 0 amide bonds. The molecule has 2 aromatic rings. The van der Waals surface area contributed by atoms with Crippen LogP contribution in [0.25, 0.3) is 5.70 Å². The van der Waals surface area contributed by atoms with Crippen molar-refractivity contribution < 1.29 is 9.59 Å². The zero-order chi connectivity index (χ0) is 17.1. The lowest BCUT2D eigenvalue weighted by Gasteiger charge is -2.27. The number of hydrogen-bond acceptors (Lipinski definition) is 3. The van der Waals surface area contributed by atoms with Gasteiger partial charge in [0.2, 0.25) is 0 Å². The van der Waals surface area contributed by atoms with Gasteiger partial charge in [-0.25, -0.2) is 0 Å². The molecule has 25 heavy (non-hydrogen) atoms. The molecule has 0 saturated heterocycles. The summed E-state index contributed by atoms with van der Waals surface area (Å²) in [5, 5.41) is 4.04. The minimum atomic E-state index is -0.321.